The van der Waals surface area contributed by atoms with E-state index in [1.165, 1.54) is 0 Å². The molecule has 2 aromatic heterocycles. The summed E-state index contributed by atoms with van der Waals surface area (Å²) >= 11 is 0. The first-order valence-corrected chi connectivity index (χ1v) is 8.91. The molecule has 4 rings (SSSR count). The molecule has 0 radical (unpaired) electrons. The zero-order chi connectivity index (χ0) is 20.4. The Balaban J connectivity index is 1.33. The van der Waals surface area contributed by atoms with Gasteiger partial charge < -0.3 is 32.4 Å². The largest absolute Gasteiger partial charge is 0.493 e. The third kappa shape index (κ3) is 3.95. The Morgan fingerprint density at radius 1 is 0.621 bits per heavy atom. The fourth-order valence-corrected chi connectivity index (χ4v) is 2.92. The number of rotatable bonds is 6. The minimum absolute atomic E-state index is 0.145. The molecule has 148 valence electrons. The Morgan fingerprint density at radius 3 is 1.52 bits per heavy atom. The number of hydrogen-bond acceptors (Lipinski definition) is 10. The van der Waals surface area contributed by atoms with E-state index in [2.05, 4.69) is 19.9 Å². The normalized spacial score (nSPS) is 11.0. The molecule has 0 amide bonds. The molecule has 0 fully saturated rings. The third-order valence-corrected chi connectivity index (χ3v) is 4.25. The summed E-state index contributed by atoms with van der Waals surface area (Å²) in [6, 6.07) is 10.8. The Bertz CT molecular complexity index is 1100. The second-order valence-corrected chi connectivity index (χ2v) is 6.34. The fraction of sp³-hybridized carbons (Fsp3) is 0.158. The van der Waals surface area contributed by atoms with Crippen molar-refractivity contribution in [3.63, 3.8) is 0 Å². The standard InChI is InChI=1S/C19H20N8O2/c20-16-12-8-10(2-4-14(12)24-18(22)26-16)28-6-1-7-29-11-3-5-15-13(9-11)17(21)27-19(23)25-15/h2-5,8-9H,1,6-7H2,(H4,20,22,24,26)(H4,21,23,25,27). The molecule has 0 unspecified atom stereocenters. The second-order valence-electron chi connectivity index (χ2n) is 6.34. The average molecular weight is 392 g/mol. The predicted molar refractivity (Wildman–Crippen MR) is 112 cm³/mol. The summed E-state index contributed by atoms with van der Waals surface area (Å²) < 4.78 is 11.5. The fourth-order valence-electron chi connectivity index (χ4n) is 2.92. The van der Waals surface area contributed by atoms with Crippen molar-refractivity contribution < 1.29 is 9.47 Å². The van der Waals surface area contributed by atoms with E-state index in [1.807, 2.05) is 12.1 Å². The number of ether oxygens (including phenoxy) is 2. The van der Waals surface area contributed by atoms with Crippen LogP contribution in [-0.4, -0.2) is 33.1 Å². The van der Waals surface area contributed by atoms with Crippen LogP contribution in [0.5, 0.6) is 11.5 Å². The first kappa shape index (κ1) is 18.3. The molecule has 0 aliphatic heterocycles. The number of benzene rings is 2. The van der Waals surface area contributed by atoms with E-state index in [4.69, 9.17) is 32.4 Å². The Kier molecular flexibility index (Phi) is 4.73. The lowest BCUT2D eigenvalue weighted by atomic mass is 10.2. The highest BCUT2D eigenvalue weighted by atomic mass is 16.5. The van der Waals surface area contributed by atoms with Crippen molar-refractivity contribution in [2.45, 2.75) is 6.42 Å². The highest BCUT2D eigenvalue weighted by Crippen LogP contribution is 2.25. The maximum absolute atomic E-state index is 5.89. The van der Waals surface area contributed by atoms with Crippen LogP contribution in [0.15, 0.2) is 36.4 Å². The molecule has 29 heavy (non-hydrogen) atoms. The van der Waals surface area contributed by atoms with E-state index in [0.29, 0.717) is 64.6 Å². The summed E-state index contributed by atoms with van der Waals surface area (Å²) in [5.74, 6) is 2.28. The van der Waals surface area contributed by atoms with Gasteiger partial charge in [0.05, 0.1) is 24.2 Å². The van der Waals surface area contributed by atoms with Gasteiger partial charge in [0.1, 0.15) is 23.1 Å². The summed E-state index contributed by atoms with van der Waals surface area (Å²) in [5.41, 5.74) is 24.3. The average Bonchev–Trinajstić information content (AvgIpc) is 2.68. The van der Waals surface area contributed by atoms with Crippen LogP contribution in [0.4, 0.5) is 23.5 Å². The van der Waals surface area contributed by atoms with E-state index < -0.39 is 0 Å². The van der Waals surface area contributed by atoms with Gasteiger partial charge in [-0.2, -0.15) is 9.97 Å². The second kappa shape index (κ2) is 7.50. The van der Waals surface area contributed by atoms with Crippen molar-refractivity contribution in [3.8, 4) is 11.5 Å². The van der Waals surface area contributed by atoms with Crippen LogP contribution in [0.25, 0.3) is 21.8 Å². The number of nitrogen functional groups attached to an aromatic ring is 4. The van der Waals surface area contributed by atoms with Crippen LogP contribution in [0.3, 0.4) is 0 Å². The number of nitrogens with two attached hydrogens (primary N) is 4. The van der Waals surface area contributed by atoms with E-state index in [1.54, 1.807) is 24.3 Å². The number of anilines is 4. The van der Waals surface area contributed by atoms with Gasteiger partial charge >= 0.3 is 0 Å². The highest BCUT2D eigenvalue weighted by molar-refractivity contribution is 5.90. The van der Waals surface area contributed by atoms with Gasteiger partial charge in [0.2, 0.25) is 11.9 Å². The maximum atomic E-state index is 5.89. The van der Waals surface area contributed by atoms with Crippen molar-refractivity contribution in [3.05, 3.63) is 36.4 Å². The summed E-state index contributed by atoms with van der Waals surface area (Å²) in [6.45, 7) is 0.938. The molecule has 10 heteroatoms. The first-order valence-electron chi connectivity index (χ1n) is 8.91. The molecule has 0 bridgehead atoms. The van der Waals surface area contributed by atoms with Gasteiger partial charge in [0.15, 0.2) is 0 Å². The quantitative estimate of drug-likeness (QED) is 0.354. The molecule has 10 nitrogen and oxygen atoms in total. The predicted octanol–water partition coefficient (Wildman–Crippen LogP) is 1.75. The first-order chi connectivity index (χ1) is 14.0. The lowest BCUT2D eigenvalue weighted by molar-refractivity contribution is 0.248. The van der Waals surface area contributed by atoms with Gasteiger partial charge in [-0.05, 0) is 36.4 Å². The molecule has 4 aromatic rings. The molecular weight excluding hydrogens is 372 g/mol. The minimum Gasteiger partial charge on any atom is -0.493 e. The molecule has 8 N–H and O–H groups in total. The minimum atomic E-state index is 0.145. The molecule has 2 aromatic carbocycles. The lowest BCUT2D eigenvalue weighted by Crippen LogP contribution is -2.06. The zero-order valence-electron chi connectivity index (χ0n) is 15.5. The molecule has 0 aliphatic rings. The lowest BCUT2D eigenvalue weighted by Gasteiger charge is -2.10. The summed E-state index contributed by atoms with van der Waals surface area (Å²) in [4.78, 5) is 16.2. The molecular formula is C19H20N8O2. The number of hydrogen-bond donors (Lipinski definition) is 4. The highest BCUT2D eigenvalue weighted by Gasteiger charge is 2.07. The molecule has 2 heterocycles. The molecule has 0 aliphatic carbocycles. The number of nitrogens with zero attached hydrogens (tertiary/aromatic N) is 4. The van der Waals surface area contributed by atoms with Crippen LogP contribution < -0.4 is 32.4 Å². The SMILES string of the molecule is Nc1nc(N)c2cc(OCCCOc3ccc4nc(N)nc(N)c4c3)ccc2n1. The van der Waals surface area contributed by atoms with Crippen LogP contribution in [0.2, 0.25) is 0 Å². The van der Waals surface area contributed by atoms with Crippen LogP contribution in [0.1, 0.15) is 6.42 Å². The smallest absolute Gasteiger partial charge is 0.222 e. The van der Waals surface area contributed by atoms with Crippen molar-refractivity contribution in [1.29, 1.82) is 0 Å². The summed E-state index contributed by atoms with van der Waals surface area (Å²) in [5, 5.41) is 1.40. The Hall–Kier alpha value is -4.08. The van der Waals surface area contributed by atoms with Gasteiger partial charge in [-0.15, -0.1) is 0 Å². The van der Waals surface area contributed by atoms with Crippen molar-refractivity contribution in [2.24, 2.45) is 0 Å². The van der Waals surface area contributed by atoms with Crippen LogP contribution in [-0.2, 0) is 0 Å². The Morgan fingerprint density at radius 2 is 1.07 bits per heavy atom. The van der Waals surface area contributed by atoms with Crippen molar-refractivity contribution >= 4 is 45.3 Å². The van der Waals surface area contributed by atoms with Crippen molar-refractivity contribution in [1.82, 2.24) is 19.9 Å². The van der Waals surface area contributed by atoms with Gasteiger partial charge in [0, 0.05) is 17.2 Å². The summed E-state index contributed by atoms with van der Waals surface area (Å²) in [7, 11) is 0. The monoisotopic (exact) mass is 392 g/mol. The molecule has 0 saturated carbocycles. The molecule has 0 saturated heterocycles. The molecule has 0 spiro atoms. The van der Waals surface area contributed by atoms with E-state index in [0.717, 1.165) is 0 Å². The van der Waals surface area contributed by atoms with E-state index in [9.17, 15) is 0 Å². The van der Waals surface area contributed by atoms with Gasteiger partial charge in [-0.1, -0.05) is 0 Å². The zero-order valence-corrected chi connectivity index (χ0v) is 15.5. The van der Waals surface area contributed by atoms with Gasteiger partial charge in [-0.3, -0.25) is 0 Å². The van der Waals surface area contributed by atoms with Crippen molar-refractivity contribution in [2.75, 3.05) is 36.1 Å². The third-order valence-electron chi connectivity index (χ3n) is 4.25. The number of fused-ring (bicyclic) bond motifs is 2. The van der Waals surface area contributed by atoms with Crippen LogP contribution >= 0.6 is 0 Å². The topological polar surface area (TPSA) is 174 Å². The van der Waals surface area contributed by atoms with Crippen LogP contribution in [0, 0.1) is 0 Å². The summed E-state index contributed by atoms with van der Waals surface area (Å²) in [6.07, 6.45) is 0.678. The number of aromatic nitrogens is 4. The molecule has 0 atom stereocenters. The van der Waals surface area contributed by atoms with E-state index in [-0.39, 0.29) is 11.9 Å². The Labute approximate surface area is 165 Å². The maximum Gasteiger partial charge on any atom is 0.222 e. The van der Waals surface area contributed by atoms with Gasteiger partial charge in [-0.25, -0.2) is 9.97 Å². The van der Waals surface area contributed by atoms with E-state index >= 15 is 0 Å². The van der Waals surface area contributed by atoms with Gasteiger partial charge in [0.25, 0.3) is 0 Å².